The number of halogens is 1. The van der Waals surface area contributed by atoms with Gasteiger partial charge in [-0.15, -0.1) is 0 Å². The van der Waals surface area contributed by atoms with Crippen LogP contribution in [0.3, 0.4) is 0 Å². The fraction of sp³-hybridized carbons (Fsp3) is 0.0500. The van der Waals surface area contributed by atoms with Gasteiger partial charge in [-0.05, 0) is 36.8 Å². The molecule has 3 rings (SSSR count). The molecule has 0 radical (unpaired) electrons. The molecule has 2 N–H and O–H groups in total. The summed E-state index contributed by atoms with van der Waals surface area (Å²) in [6.45, 7) is 1.65. The number of aromatic nitrogens is 1. The van der Waals surface area contributed by atoms with Crippen molar-refractivity contribution in [3.63, 3.8) is 0 Å². The van der Waals surface area contributed by atoms with Gasteiger partial charge in [0, 0.05) is 17.3 Å². The van der Waals surface area contributed by atoms with E-state index in [2.05, 4.69) is 10.5 Å². The molecule has 0 aliphatic carbocycles. The van der Waals surface area contributed by atoms with Crippen LogP contribution in [0.25, 0.3) is 17.3 Å². The van der Waals surface area contributed by atoms with E-state index in [1.165, 1.54) is 6.08 Å². The van der Waals surface area contributed by atoms with Gasteiger partial charge in [-0.3, -0.25) is 4.79 Å². The van der Waals surface area contributed by atoms with Crippen molar-refractivity contribution < 1.29 is 19.2 Å². The average molecular weight is 383 g/mol. The topological polar surface area (TPSA) is 92.4 Å². The van der Waals surface area contributed by atoms with Gasteiger partial charge in [-0.25, -0.2) is 4.79 Å². The molecular formula is C20H15ClN2O4. The second kappa shape index (κ2) is 7.88. The lowest BCUT2D eigenvalue weighted by Gasteiger charge is -2.07. The molecule has 0 spiro atoms. The van der Waals surface area contributed by atoms with Gasteiger partial charge in [0.2, 0.25) is 0 Å². The highest BCUT2D eigenvalue weighted by atomic mass is 35.5. The molecule has 3 aromatic rings. The highest BCUT2D eigenvalue weighted by Gasteiger charge is 2.23. The summed E-state index contributed by atoms with van der Waals surface area (Å²) in [5, 5.41) is 15.9. The Kier molecular flexibility index (Phi) is 5.38. The summed E-state index contributed by atoms with van der Waals surface area (Å²) >= 11 is 6.22. The van der Waals surface area contributed by atoms with Crippen molar-refractivity contribution in [3.8, 4) is 11.3 Å². The second-order valence-electron chi connectivity index (χ2n) is 5.69. The van der Waals surface area contributed by atoms with Crippen LogP contribution in [0.1, 0.15) is 21.7 Å². The minimum atomic E-state index is -1.05. The van der Waals surface area contributed by atoms with E-state index in [4.69, 9.17) is 21.2 Å². The molecule has 0 saturated carbocycles. The summed E-state index contributed by atoms with van der Waals surface area (Å²) in [4.78, 5) is 23.5. The Morgan fingerprint density at radius 1 is 1.19 bits per heavy atom. The van der Waals surface area contributed by atoms with Crippen molar-refractivity contribution in [2.45, 2.75) is 6.92 Å². The van der Waals surface area contributed by atoms with E-state index in [1.807, 2.05) is 0 Å². The maximum atomic E-state index is 12.8. The highest BCUT2D eigenvalue weighted by Crippen LogP contribution is 2.31. The standard InChI is InChI=1S/C20H15ClN2O4/c1-12-18(19(23-27-12)15-7-2-3-8-16(15)21)20(26)22-14-6-4-5-13(11-14)9-10-17(24)25/h2-11H,1H3,(H,22,26)(H,24,25). The first kappa shape index (κ1) is 18.4. The molecule has 1 amide bonds. The molecule has 0 atom stereocenters. The summed E-state index contributed by atoms with van der Waals surface area (Å²) in [5.41, 5.74) is 2.40. The third kappa shape index (κ3) is 4.24. The van der Waals surface area contributed by atoms with E-state index in [9.17, 15) is 9.59 Å². The second-order valence-corrected chi connectivity index (χ2v) is 6.10. The number of hydrogen-bond acceptors (Lipinski definition) is 4. The monoisotopic (exact) mass is 382 g/mol. The summed E-state index contributed by atoms with van der Waals surface area (Å²) < 4.78 is 5.21. The van der Waals surface area contributed by atoms with E-state index < -0.39 is 11.9 Å². The SMILES string of the molecule is Cc1onc(-c2ccccc2Cl)c1C(=O)Nc1cccc(C=CC(=O)O)c1. The molecule has 27 heavy (non-hydrogen) atoms. The molecule has 0 bridgehead atoms. The maximum Gasteiger partial charge on any atom is 0.328 e. The molecule has 136 valence electrons. The Bertz CT molecular complexity index is 1040. The van der Waals surface area contributed by atoms with E-state index in [0.717, 1.165) is 6.08 Å². The first-order chi connectivity index (χ1) is 13.0. The lowest BCUT2D eigenvalue weighted by atomic mass is 10.1. The number of aliphatic carboxylic acids is 1. The third-order valence-corrected chi connectivity index (χ3v) is 4.11. The number of carbonyl (C=O) groups excluding carboxylic acids is 1. The zero-order chi connectivity index (χ0) is 19.4. The molecular weight excluding hydrogens is 368 g/mol. The van der Waals surface area contributed by atoms with Crippen molar-refractivity contribution in [2.24, 2.45) is 0 Å². The maximum absolute atomic E-state index is 12.8. The van der Waals surface area contributed by atoms with Crippen molar-refractivity contribution in [1.82, 2.24) is 5.16 Å². The Hall–Kier alpha value is -3.38. The Morgan fingerprint density at radius 2 is 1.96 bits per heavy atom. The van der Waals surface area contributed by atoms with Crippen LogP contribution in [0.15, 0.2) is 59.1 Å². The number of nitrogens with zero attached hydrogens (tertiary/aromatic N) is 1. The van der Waals surface area contributed by atoms with Crippen molar-refractivity contribution in [1.29, 1.82) is 0 Å². The summed E-state index contributed by atoms with van der Waals surface area (Å²) in [6, 6.07) is 13.9. The number of nitrogens with one attached hydrogen (secondary N) is 1. The van der Waals surface area contributed by atoms with Crippen molar-refractivity contribution >= 4 is 35.2 Å². The van der Waals surface area contributed by atoms with E-state index >= 15 is 0 Å². The third-order valence-electron chi connectivity index (χ3n) is 3.78. The number of benzene rings is 2. The van der Waals surface area contributed by atoms with Crippen LogP contribution in [-0.4, -0.2) is 22.1 Å². The van der Waals surface area contributed by atoms with Crippen LogP contribution in [0, 0.1) is 6.92 Å². The molecule has 6 nitrogen and oxygen atoms in total. The smallest absolute Gasteiger partial charge is 0.328 e. The predicted octanol–water partition coefficient (Wildman–Crippen LogP) is 4.65. The number of aryl methyl sites for hydroxylation is 1. The predicted molar refractivity (Wildman–Crippen MR) is 103 cm³/mol. The molecule has 0 unspecified atom stereocenters. The number of carboxylic acids is 1. The van der Waals surface area contributed by atoms with Crippen LogP contribution < -0.4 is 5.32 Å². The Morgan fingerprint density at radius 3 is 2.70 bits per heavy atom. The lowest BCUT2D eigenvalue weighted by Crippen LogP contribution is -2.13. The fourth-order valence-corrected chi connectivity index (χ4v) is 2.78. The van der Waals surface area contributed by atoms with Gasteiger partial charge in [0.15, 0.2) is 0 Å². The number of amides is 1. The van der Waals surface area contributed by atoms with Gasteiger partial charge in [-0.2, -0.15) is 0 Å². The fourth-order valence-electron chi connectivity index (χ4n) is 2.56. The van der Waals surface area contributed by atoms with Crippen LogP contribution >= 0.6 is 11.6 Å². The van der Waals surface area contributed by atoms with Crippen molar-refractivity contribution in [2.75, 3.05) is 5.32 Å². The van der Waals surface area contributed by atoms with Gasteiger partial charge in [0.05, 0.1) is 5.02 Å². The molecule has 0 aliphatic heterocycles. The normalized spacial score (nSPS) is 10.9. The van der Waals surface area contributed by atoms with Crippen LogP contribution in [0.2, 0.25) is 5.02 Å². The molecule has 1 heterocycles. The van der Waals surface area contributed by atoms with Crippen LogP contribution in [0.4, 0.5) is 5.69 Å². The molecule has 0 aliphatic rings. The van der Waals surface area contributed by atoms with Crippen LogP contribution in [0.5, 0.6) is 0 Å². The first-order valence-corrected chi connectivity index (χ1v) is 8.37. The highest BCUT2D eigenvalue weighted by molar-refractivity contribution is 6.33. The van der Waals surface area contributed by atoms with Gasteiger partial charge in [0.25, 0.3) is 5.91 Å². The molecule has 7 heteroatoms. The molecule has 2 aromatic carbocycles. The van der Waals surface area contributed by atoms with Gasteiger partial charge >= 0.3 is 5.97 Å². The zero-order valence-corrected chi connectivity index (χ0v) is 15.0. The number of hydrogen-bond donors (Lipinski definition) is 2. The number of rotatable bonds is 5. The Balaban J connectivity index is 1.90. The lowest BCUT2D eigenvalue weighted by molar-refractivity contribution is -0.131. The molecule has 1 aromatic heterocycles. The number of carbonyl (C=O) groups is 2. The minimum absolute atomic E-state index is 0.287. The van der Waals surface area contributed by atoms with Crippen molar-refractivity contribution in [3.05, 3.63) is 76.5 Å². The van der Waals surface area contributed by atoms with E-state index in [1.54, 1.807) is 55.5 Å². The zero-order valence-electron chi connectivity index (χ0n) is 14.3. The quantitative estimate of drug-likeness (QED) is 0.626. The Labute approximate surface area is 160 Å². The van der Waals surface area contributed by atoms with E-state index in [0.29, 0.717) is 33.3 Å². The minimum Gasteiger partial charge on any atom is -0.478 e. The van der Waals surface area contributed by atoms with Gasteiger partial charge in [-0.1, -0.05) is 47.1 Å². The van der Waals surface area contributed by atoms with Gasteiger partial charge < -0.3 is 14.9 Å². The van der Waals surface area contributed by atoms with Crippen LogP contribution in [-0.2, 0) is 4.79 Å². The summed E-state index contributed by atoms with van der Waals surface area (Å²) in [7, 11) is 0. The van der Waals surface area contributed by atoms with E-state index in [-0.39, 0.29) is 5.56 Å². The first-order valence-electron chi connectivity index (χ1n) is 7.99. The number of anilines is 1. The summed E-state index contributed by atoms with van der Waals surface area (Å²) in [5.74, 6) is -1.08. The summed E-state index contributed by atoms with van der Waals surface area (Å²) in [6.07, 6.45) is 2.47. The van der Waals surface area contributed by atoms with Gasteiger partial charge in [0.1, 0.15) is 17.0 Å². The molecule has 0 fully saturated rings. The molecule has 0 saturated heterocycles. The number of carboxylic acid groups (broad SMARTS) is 1. The average Bonchev–Trinajstić information content (AvgIpc) is 3.02. The largest absolute Gasteiger partial charge is 0.478 e.